The Hall–Kier alpha value is -3.19. The van der Waals surface area contributed by atoms with Crippen molar-refractivity contribution in [1.82, 2.24) is 10.5 Å². The number of halogens is 1. The van der Waals surface area contributed by atoms with Gasteiger partial charge in [0.25, 0.3) is 0 Å². The Morgan fingerprint density at radius 2 is 2.12 bits per heavy atom. The van der Waals surface area contributed by atoms with Crippen molar-refractivity contribution in [3.8, 4) is 16.9 Å². The number of hydrogen-bond acceptors (Lipinski definition) is 5. The first-order chi connectivity index (χ1) is 15.5. The molecule has 1 amide bonds. The molecule has 1 aromatic heterocycles. The van der Waals surface area contributed by atoms with Crippen LogP contribution in [-0.2, 0) is 11.2 Å². The molecule has 1 saturated heterocycles. The van der Waals surface area contributed by atoms with Gasteiger partial charge in [-0.15, -0.1) is 0 Å². The second-order valence-corrected chi connectivity index (χ2v) is 8.22. The maximum atomic E-state index is 13.4. The highest BCUT2D eigenvalue weighted by atomic mass is 19.1. The molecule has 168 valence electrons. The molecule has 1 atom stereocenters. The van der Waals surface area contributed by atoms with E-state index in [1.165, 1.54) is 25.0 Å². The Kier molecular flexibility index (Phi) is 6.85. The van der Waals surface area contributed by atoms with Crippen LogP contribution in [0.25, 0.3) is 11.1 Å². The summed E-state index contributed by atoms with van der Waals surface area (Å²) in [5, 5.41) is 10.5. The monoisotopic (exact) mass is 437 g/mol. The van der Waals surface area contributed by atoms with Gasteiger partial charge in [-0.3, -0.25) is 4.79 Å². The third-order valence-corrected chi connectivity index (χ3v) is 5.67. The van der Waals surface area contributed by atoms with Crippen LogP contribution in [0.3, 0.4) is 0 Å². The van der Waals surface area contributed by atoms with Gasteiger partial charge in [0.1, 0.15) is 23.9 Å². The van der Waals surface area contributed by atoms with Gasteiger partial charge in [-0.1, -0.05) is 23.7 Å². The Bertz CT molecular complexity index is 1070. The number of hydrogen-bond donors (Lipinski definition) is 2. The average molecular weight is 438 g/mol. The van der Waals surface area contributed by atoms with Gasteiger partial charge in [0.05, 0.1) is 17.7 Å². The maximum absolute atomic E-state index is 13.4. The highest BCUT2D eigenvalue weighted by Crippen LogP contribution is 2.37. The number of rotatable bonds is 7. The summed E-state index contributed by atoms with van der Waals surface area (Å²) in [5.41, 5.74) is 3.68. The molecule has 32 heavy (non-hydrogen) atoms. The van der Waals surface area contributed by atoms with E-state index in [0.717, 1.165) is 35.5 Å². The first-order valence-electron chi connectivity index (χ1n) is 11.0. The lowest BCUT2D eigenvalue weighted by molar-refractivity contribution is -0.115. The summed E-state index contributed by atoms with van der Waals surface area (Å²) in [4.78, 5) is 12.5. The molecule has 0 bridgehead atoms. The standard InChI is InChI=1S/C25H28FN3O3/c1-16-25(17(2)32-29-16)22-14-20(28-24(30)13-18-6-5-7-19(26)12-18)9-10-23(22)31-15-21-8-3-4-11-27-21/h5-7,9-10,12,14,21,27H,3-4,8,11,13,15H2,1-2H3,(H,28,30). The largest absolute Gasteiger partial charge is 0.491 e. The number of amides is 1. The van der Waals surface area contributed by atoms with E-state index < -0.39 is 0 Å². The number of carbonyl (C=O) groups excluding carboxylic acids is 1. The third kappa shape index (κ3) is 5.34. The molecule has 2 N–H and O–H groups in total. The van der Waals surface area contributed by atoms with Crippen LogP contribution in [0.5, 0.6) is 5.75 Å². The molecule has 2 heterocycles. The summed E-state index contributed by atoms with van der Waals surface area (Å²) in [5.74, 6) is 0.826. The summed E-state index contributed by atoms with van der Waals surface area (Å²) >= 11 is 0. The van der Waals surface area contributed by atoms with E-state index >= 15 is 0 Å². The van der Waals surface area contributed by atoms with Gasteiger partial charge >= 0.3 is 0 Å². The zero-order valence-electron chi connectivity index (χ0n) is 18.4. The summed E-state index contributed by atoms with van der Waals surface area (Å²) in [6.07, 6.45) is 3.58. The summed E-state index contributed by atoms with van der Waals surface area (Å²) < 4.78 is 25.0. The van der Waals surface area contributed by atoms with Crippen LogP contribution in [0, 0.1) is 19.7 Å². The minimum absolute atomic E-state index is 0.0873. The number of carbonyl (C=O) groups is 1. The predicted molar refractivity (Wildman–Crippen MR) is 121 cm³/mol. The number of ether oxygens (including phenoxy) is 1. The zero-order valence-corrected chi connectivity index (χ0v) is 18.4. The number of aryl methyl sites for hydroxylation is 2. The van der Waals surface area contributed by atoms with Crippen LogP contribution in [-0.4, -0.2) is 30.3 Å². The molecule has 0 radical (unpaired) electrons. The van der Waals surface area contributed by atoms with Crippen molar-refractivity contribution in [3.63, 3.8) is 0 Å². The molecule has 6 nitrogen and oxygen atoms in total. The SMILES string of the molecule is Cc1noc(C)c1-c1cc(NC(=O)Cc2cccc(F)c2)ccc1OCC1CCCCN1. The fourth-order valence-electron chi connectivity index (χ4n) is 4.09. The molecule has 0 spiro atoms. The molecule has 0 aliphatic carbocycles. The quantitative estimate of drug-likeness (QED) is 0.555. The van der Waals surface area contributed by atoms with Crippen LogP contribution in [0.1, 0.15) is 36.3 Å². The molecule has 0 saturated carbocycles. The second-order valence-electron chi connectivity index (χ2n) is 8.22. The summed E-state index contributed by atoms with van der Waals surface area (Å²) in [7, 11) is 0. The van der Waals surface area contributed by atoms with Gasteiger partial charge in [-0.25, -0.2) is 4.39 Å². The highest BCUT2D eigenvalue weighted by Gasteiger charge is 2.19. The molecule has 1 aliphatic rings. The molecular weight excluding hydrogens is 409 g/mol. The summed E-state index contributed by atoms with van der Waals surface area (Å²) in [6, 6.07) is 11.9. The first-order valence-corrected chi connectivity index (χ1v) is 11.0. The molecular formula is C25H28FN3O3. The molecule has 1 fully saturated rings. The van der Waals surface area contributed by atoms with E-state index in [1.807, 2.05) is 32.0 Å². The fraction of sp³-hybridized carbons (Fsp3) is 0.360. The van der Waals surface area contributed by atoms with E-state index in [2.05, 4.69) is 15.8 Å². The van der Waals surface area contributed by atoms with Crippen molar-refractivity contribution >= 4 is 11.6 Å². The third-order valence-electron chi connectivity index (χ3n) is 5.67. The lowest BCUT2D eigenvalue weighted by Gasteiger charge is -2.24. The lowest BCUT2D eigenvalue weighted by Crippen LogP contribution is -2.38. The molecule has 1 aliphatic heterocycles. The Labute approximate surface area is 187 Å². The predicted octanol–water partition coefficient (Wildman–Crippen LogP) is 4.80. The highest BCUT2D eigenvalue weighted by molar-refractivity contribution is 5.93. The first kappa shape index (κ1) is 22.0. The van der Waals surface area contributed by atoms with Crippen LogP contribution in [0.15, 0.2) is 47.0 Å². The number of nitrogens with one attached hydrogen (secondary N) is 2. The lowest BCUT2D eigenvalue weighted by atomic mass is 10.0. The number of nitrogens with zero attached hydrogens (tertiary/aromatic N) is 1. The second kappa shape index (κ2) is 9.96. The van der Waals surface area contributed by atoms with Gasteiger partial charge in [0, 0.05) is 17.3 Å². The Morgan fingerprint density at radius 1 is 1.25 bits per heavy atom. The van der Waals surface area contributed by atoms with Crippen molar-refractivity contribution in [2.75, 3.05) is 18.5 Å². The van der Waals surface area contributed by atoms with Gasteiger partial charge in [0.15, 0.2) is 0 Å². The number of anilines is 1. The Morgan fingerprint density at radius 3 is 2.84 bits per heavy atom. The molecule has 2 aromatic carbocycles. The molecule has 7 heteroatoms. The van der Waals surface area contributed by atoms with Gasteiger partial charge < -0.3 is 19.9 Å². The number of piperidine rings is 1. The van der Waals surface area contributed by atoms with Crippen molar-refractivity contribution in [1.29, 1.82) is 0 Å². The molecule has 4 rings (SSSR count). The van der Waals surface area contributed by atoms with Crippen LogP contribution >= 0.6 is 0 Å². The summed E-state index contributed by atoms with van der Waals surface area (Å²) in [6.45, 7) is 5.33. The van der Waals surface area contributed by atoms with E-state index in [4.69, 9.17) is 9.26 Å². The smallest absolute Gasteiger partial charge is 0.228 e. The van der Waals surface area contributed by atoms with E-state index in [0.29, 0.717) is 29.7 Å². The Balaban J connectivity index is 1.54. The van der Waals surface area contributed by atoms with Crippen molar-refractivity contribution in [2.24, 2.45) is 0 Å². The van der Waals surface area contributed by atoms with Gasteiger partial charge in [-0.2, -0.15) is 0 Å². The number of aromatic nitrogens is 1. The van der Waals surface area contributed by atoms with E-state index in [1.54, 1.807) is 12.1 Å². The van der Waals surface area contributed by atoms with Crippen LogP contribution in [0.4, 0.5) is 10.1 Å². The minimum atomic E-state index is -0.357. The zero-order chi connectivity index (χ0) is 22.5. The number of benzene rings is 2. The topological polar surface area (TPSA) is 76.4 Å². The van der Waals surface area contributed by atoms with Crippen molar-refractivity contribution in [2.45, 2.75) is 45.6 Å². The molecule has 3 aromatic rings. The van der Waals surface area contributed by atoms with Crippen molar-refractivity contribution in [3.05, 3.63) is 65.3 Å². The van der Waals surface area contributed by atoms with E-state index in [9.17, 15) is 9.18 Å². The van der Waals surface area contributed by atoms with Gasteiger partial charge in [-0.05, 0) is 69.1 Å². The van der Waals surface area contributed by atoms with Gasteiger partial charge in [0.2, 0.25) is 5.91 Å². The maximum Gasteiger partial charge on any atom is 0.228 e. The average Bonchev–Trinajstić information content (AvgIpc) is 3.11. The van der Waals surface area contributed by atoms with E-state index in [-0.39, 0.29) is 18.1 Å². The normalized spacial score (nSPS) is 16.0. The molecule has 1 unspecified atom stereocenters. The van der Waals surface area contributed by atoms with Crippen LogP contribution in [0.2, 0.25) is 0 Å². The van der Waals surface area contributed by atoms with Crippen molar-refractivity contribution < 1.29 is 18.4 Å². The minimum Gasteiger partial charge on any atom is -0.491 e. The van der Waals surface area contributed by atoms with Crippen LogP contribution < -0.4 is 15.4 Å². The fourth-order valence-corrected chi connectivity index (χ4v) is 4.09.